The summed E-state index contributed by atoms with van der Waals surface area (Å²) in [6.45, 7) is 7.73. The first-order chi connectivity index (χ1) is 9.80. The van der Waals surface area contributed by atoms with Crippen LogP contribution in [-0.4, -0.2) is 10.9 Å². The molecule has 1 amide bonds. The van der Waals surface area contributed by atoms with Gasteiger partial charge in [-0.2, -0.15) is 0 Å². The monoisotopic (exact) mass is 303 g/mol. The summed E-state index contributed by atoms with van der Waals surface area (Å²) in [7, 11) is 0. The standard InChI is InChI=1S/C16H21N3OS/c1-10-9-21-14(18-10)11(2)19-15(20)16(3,4)12-5-7-13(17)8-6-12/h5-9,11H,17H2,1-4H3,(H,19,20). The number of amides is 1. The second-order valence-corrected chi connectivity index (χ2v) is 6.66. The van der Waals surface area contributed by atoms with Crippen molar-refractivity contribution < 1.29 is 4.79 Å². The van der Waals surface area contributed by atoms with Gasteiger partial charge in [0, 0.05) is 16.8 Å². The molecule has 21 heavy (non-hydrogen) atoms. The van der Waals surface area contributed by atoms with Gasteiger partial charge in [0.25, 0.3) is 0 Å². The number of hydrogen-bond donors (Lipinski definition) is 2. The number of anilines is 1. The van der Waals surface area contributed by atoms with Crippen LogP contribution in [0.2, 0.25) is 0 Å². The Morgan fingerprint density at radius 3 is 2.48 bits per heavy atom. The average molecular weight is 303 g/mol. The maximum atomic E-state index is 12.6. The van der Waals surface area contributed by atoms with Crippen molar-refractivity contribution in [2.24, 2.45) is 0 Å². The van der Waals surface area contributed by atoms with Crippen molar-refractivity contribution in [2.45, 2.75) is 39.2 Å². The molecule has 1 heterocycles. The van der Waals surface area contributed by atoms with Crippen LogP contribution < -0.4 is 11.1 Å². The van der Waals surface area contributed by atoms with Gasteiger partial charge in [0.2, 0.25) is 5.91 Å². The lowest BCUT2D eigenvalue weighted by Gasteiger charge is -2.26. The predicted octanol–water partition coefficient (Wildman–Crippen LogP) is 3.19. The highest BCUT2D eigenvalue weighted by atomic mass is 32.1. The fraction of sp³-hybridized carbons (Fsp3) is 0.375. The molecule has 0 aliphatic carbocycles. The number of nitrogens with one attached hydrogen (secondary N) is 1. The summed E-state index contributed by atoms with van der Waals surface area (Å²) >= 11 is 1.57. The molecule has 0 bridgehead atoms. The number of carbonyl (C=O) groups is 1. The Morgan fingerprint density at radius 1 is 1.33 bits per heavy atom. The third-order valence-corrected chi connectivity index (χ3v) is 4.70. The van der Waals surface area contributed by atoms with E-state index in [2.05, 4.69) is 10.3 Å². The minimum absolute atomic E-state index is 0.0207. The van der Waals surface area contributed by atoms with Gasteiger partial charge in [0.15, 0.2) is 0 Å². The van der Waals surface area contributed by atoms with E-state index in [1.807, 2.05) is 57.3 Å². The highest BCUT2D eigenvalue weighted by Gasteiger charge is 2.31. The Bertz CT molecular complexity index is 631. The third-order valence-electron chi connectivity index (χ3n) is 3.55. The summed E-state index contributed by atoms with van der Waals surface area (Å²) in [4.78, 5) is 17.0. The van der Waals surface area contributed by atoms with Crippen LogP contribution in [0.3, 0.4) is 0 Å². The average Bonchev–Trinajstić information content (AvgIpc) is 2.86. The van der Waals surface area contributed by atoms with Crippen LogP contribution in [0.15, 0.2) is 29.6 Å². The minimum atomic E-state index is -0.617. The molecule has 1 atom stereocenters. The van der Waals surface area contributed by atoms with Crippen LogP contribution in [0.5, 0.6) is 0 Å². The van der Waals surface area contributed by atoms with Gasteiger partial charge < -0.3 is 11.1 Å². The van der Waals surface area contributed by atoms with Gasteiger partial charge in [-0.15, -0.1) is 11.3 Å². The molecule has 0 spiro atoms. The highest BCUT2D eigenvalue weighted by Crippen LogP contribution is 2.26. The van der Waals surface area contributed by atoms with Crippen LogP contribution in [0.1, 0.15) is 43.1 Å². The lowest BCUT2D eigenvalue weighted by molar-refractivity contribution is -0.126. The summed E-state index contributed by atoms with van der Waals surface area (Å²) in [5.41, 5.74) is 7.70. The first-order valence-corrected chi connectivity index (χ1v) is 7.77. The van der Waals surface area contributed by atoms with Crippen LogP contribution in [-0.2, 0) is 10.2 Å². The second kappa shape index (κ2) is 5.85. The third kappa shape index (κ3) is 3.42. The van der Waals surface area contributed by atoms with Gasteiger partial charge in [-0.1, -0.05) is 12.1 Å². The quantitative estimate of drug-likeness (QED) is 0.852. The molecule has 1 aromatic carbocycles. The number of nitrogens with two attached hydrogens (primary N) is 1. The number of thiazole rings is 1. The zero-order valence-electron chi connectivity index (χ0n) is 12.8. The Hall–Kier alpha value is -1.88. The molecule has 0 fully saturated rings. The van der Waals surface area contributed by atoms with E-state index < -0.39 is 5.41 Å². The van der Waals surface area contributed by atoms with Gasteiger partial charge in [-0.05, 0) is 45.4 Å². The van der Waals surface area contributed by atoms with Crippen molar-refractivity contribution in [3.8, 4) is 0 Å². The molecule has 1 unspecified atom stereocenters. The lowest BCUT2D eigenvalue weighted by atomic mass is 9.83. The Labute approximate surface area is 129 Å². The molecule has 0 radical (unpaired) electrons. The number of carbonyl (C=O) groups excluding carboxylic acids is 1. The summed E-state index contributed by atoms with van der Waals surface area (Å²) < 4.78 is 0. The first-order valence-electron chi connectivity index (χ1n) is 6.89. The van der Waals surface area contributed by atoms with E-state index >= 15 is 0 Å². The van der Waals surface area contributed by atoms with E-state index in [0.717, 1.165) is 16.3 Å². The largest absolute Gasteiger partial charge is 0.399 e. The molecule has 0 aliphatic rings. The van der Waals surface area contributed by atoms with Crippen LogP contribution >= 0.6 is 11.3 Å². The molecule has 3 N–H and O–H groups in total. The molecule has 2 rings (SSSR count). The summed E-state index contributed by atoms with van der Waals surface area (Å²) in [6, 6.07) is 7.33. The molecule has 1 aromatic heterocycles. The van der Waals surface area contributed by atoms with Crippen molar-refractivity contribution in [3.63, 3.8) is 0 Å². The van der Waals surface area contributed by atoms with Gasteiger partial charge in [-0.25, -0.2) is 4.98 Å². The number of nitrogens with zero attached hydrogens (tertiary/aromatic N) is 1. The normalized spacial score (nSPS) is 13.0. The topological polar surface area (TPSA) is 68.0 Å². The van der Waals surface area contributed by atoms with Crippen LogP contribution in [0, 0.1) is 6.92 Å². The van der Waals surface area contributed by atoms with Crippen LogP contribution in [0.4, 0.5) is 5.69 Å². The molecule has 4 nitrogen and oxygen atoms in total. The smallest absolute Gasteiger partial charge is 0.230 e. The fourth-order valence-electron chi connectivity index (χ4n) is 2.04. The SMILES string of the molecule is Cc1csc(C(C)NC(=O)C(C)(C)c2ccc(N)cc2)n1. The van der Waals surface area contributed by atoms with Crippen molar-refractivity contribution >= 4 is 22.9 Å². The van der Waals surface area contributed by atoms with E-state index in [1.165, 1.54) is 0 Å². The van der Waals surface area contributed by atoms with Crippen LogP contribution in [0.25, 0.3) is 0 Å². The number of hydrogen-bond acceptors (Lipinski definition) is 4. The minimum Gasteiger partial charge on any atom is -0.399 e. The van der Waals surface area contributed by atoms with E-state index in [-0.39, 0.29) is 11.9 Å². The number of rotatable bonds is 4. The molecule has 0 saturated heterocycles. The maximum Gasteiger partial charge on any atom is 0.230 e. The second-order valence-electron chi connectivity index (χ2n) is 5.77. The first kappa shape index (κ1) is 15.5. The van der Waals surface area contributed by atoms with E-state index in [9.17, 15) is 4.79 Å². The fourth-order valence-corrected chi connectivity index (χ4v) is 2.84. The molecule has 0 saturated carbocycles. The number of aromatic nitrogens is 1. The van der Waals surface area contributed by atoms with Crippen molar-refractivity contribution in [3.05, 3.63) is 45.9 Å². The molecule has 112 valence electrons. The molecular formula is C16H21N3OS. The van der Waals surface area contributed by atoms with Crippen molar-refractivity contribution in [1.29, 1.82) is 0 Å². The van der Waals surface area contributed by atoms with Gasteiger partial charge in [-0.3, -0.25) is 4.79 Å². The van der Waals surface area contributed by atoms with Crippen molar-refractivity contribution in [2.75, 3.05) is 5.73 Å². The number of benzene rings is 1. The predicted molar refractivity (Wildman–Crippen MR) is 87.3 cm³/mol. The Kier molecular flexibility index (Phi) is 4.32. The molecular weight excluding hydrogens is 282 g/mol. The van der Waals surface area contributed by atoms with E-state index in [4.69, 9.17) is 5.73 Å². The Morgan fingerprint density at radius 2 is 1.95 bits per heavy atom. The van der Waals surface area contributed by atoms with Gasteiger partial charge in [0.1, 0.15) is 5.01 Å². The number of nitrogen functional groups attached to an aromatic ring is 1. The van der Waals surface area contributed by atoms with E-state index in [1.54, 1.807) is 11.3 Å². The molecule has 2 aromatic rings. The van der Waals surface area contributed by atoms with Crippen molar-refractivity contribution in [1.82, 2.24) is 10.3 Å². The summed E-state index contributed by atoms with van der Waals surface area (Å²) in [6.07, 6.45) is 0. The summed E-state index contributed by atoms with van der Waals surface area (Å²) in [5, 5.41) is 5.95. The van der Waals surface area contributed by atoms with Gasteiger partial charge in [0.05, 0.1) is 11.5 Å². The molecule has 5 heteroatoms. The highest BCUT2D eigenvalue weighted by molar-refractivity contribution is 7.09. The zero-order chi connectivity index (χ0) is 15.6. The van der Waals surface area contributed by atoms with E-state index in [0.29, 0.717) is 5.69 Å². The zero-order valence-corrected chi connectivity index (χ0v) is 13.6. The molecule has 0 aliphatic heterocycles. The lowest BCUT2D eigenvalue weighted by Crippen LogP contribution is -2.41. The maximum absolute atomic E-state index is 12.6. The number of aryl methyl sites for hydroxylation is 1. The van der Waals surface area contributed by atoms with Gasteiger partial charge >= 0.3 is 0 Å². The summed E-state index contributed by atoms with van der Waals surface area (Å²) in [5.74, 6) is -0.0207. The Balaban J connectivity index is 2.13.